The molecule has 0 radical (unpaired) electrons. The Labute approximate surface area is 88.3 Å². The van der Waals surface area contributed by atoms with Crippen LogP contribution in [0, 0.1) is 0 Å². The second-order valence-electron chi connectivity index (χ2n) is 2.68. The highest BCUT2D eigenvalue weighted by molar-refractivity contribution is 6.50. The van der Waals surface area contributed by atoms with E-state index < -0.39 is 22.9 Å². The molecule has 0 atom stereocenters. The van der Waals surface area contributed by atoms with Crippen molar-refractivity contribution in [3.8, 4) is 0 Å². The third-order valence-corrected chi connectivity index (χ3v) is 1.88. The molecule has 0 aliphatic heterocycles. The number of allylic oxidation sites excluding steroid dienone is 1. The highest BCUT2D eigenvalue weighted by Crippen LogP contribution is 2.41. The van der Waals surface area contributed by atoms with E-state index in [0.717, 1.165) is 0 Å². The van der Waals surface area contributed by atoms with Crippen molar-refractivity contribution in [2.75, 3.05) is 0 Å². The summed E-state index contributed by atoms with van der Waals surface area (Å²) in [6.45, 7) is 1.21. The summed E-state index contributed by atoms with van der Waals surface area (Å²) in [7, 11) is 0. The summed E-state index contributed by atoms with van der Waals surface area (Å²) in [4.78, 5) is 10.1. The van der Waals surface area contributed by atoms with Crippen LogP contribution in [0.3, 0.4) is 0 Å². The van der Waals surface area contributed by atoms with Crippen molar-refractivity contribution in [2.45, 2.75) is 23.9 Å². The van der Waals surface area contributed by atoms with Gasteiger partial charge in [-0.3, -0.25) is 4.79 Å². The summed E-state index contributed by atoms with van der Waals surface area (Å²) in [6, 6.07) is 0. The van der Waals surface area contributed by atoms with Crippen LogP contribution in [0.5, 0.6) is 0 Å². The van der Waals surface area contributed by atoms with E-state index in [4.69, 9.17) is 28.3 Å². The molecule has 0 aromatic heterocycles. The summed E-state index contributed by atoms with van der Waals surface area (Å²) in [6.07, 6.45) is -4.88. The molecule has 0 spiro atoms. The minimum atomic E-state index is -4.82. The number of halogens is 5. The Balaban J connectivity index is 4.71. The third-order valence-electron chi connectivity index (χ3n) is 1.24. The topological polar surface area (TPSA) is 37.3 Å². The Morgan fingerprint density at radius 2 is 1.86 bits per heavy atom. The number of carboxylic acid groups (broad SMARTS) is 1. The van der Waals surface area contributed by atoms with Gasteiger partial charge in [0.25, 0.3) is 0 Å². The number of rotatable bonds is 3. The molecule has 1 N–H and O–H groups in total. The lowest BCUT2D eigenvalue weighted by atomic mass is 10.2. The SMILES string of the molecule is CC(=CC(Cl)(Cl)C(F)(F)F)CC(=O)O. The number of aliphatic carboxylic acids is 1. The summed E-state index contributed by atoms with van der Waals surface area (Å²) in [5.41, 5.74) is -0.0557. The van der Waals surface area contributed by atoms with Gasteiger partial charge in [-0.05, 0) is 13.0 Å². The fourth-order valence-electron chi connectivity index (χ4n) is 0.681. The average molecular weight is 251 g/mol. The molecular formula is C7H7Cl2F3O2. The molecule has 0 fully saturated rings. The van der Waals surface area contributed by atoms with Crippen LogP contribution in [0.25, 0.3) is 0 Å². The van der Waals surface area contributed by atoms with E-state index in [0.29, 0.717) is 6.08 Å². The van der Waals surface area contributed by atoms with E-state index in [1.165, 1.54) is 6.92 Å². The van der Waals surface area contributed by atoms with Crippen molar-refractivity contribution in [2.24, 2.45) is 0 Å². The summed E-state index contributed by atoms with van der Waals surface area (Å²) in [5, 5.41) is 8.28. The summed E-state index contributed by atoms with van der Waals surface area (Å²) < 4.78 is 33.2. The van der Waals surface area contributed by atoms with Gasteiger partial charge in [0.1, 0.15) is 0 Å². The van der Waals surface area contributed by atoms with Crippen molar-refractivity contribution in [1.82, 2.24) is 0 Å². The first-order chi connectivity index (χ1) is 6.06. The quantitative estimate of drug-likeness (QED) is 0.617. The zero-order valence-corrected chi connectivity index (χ0v) is 8.54. The molecule has 0 bridgehead atoms. The van der Waals surface area contributed by atoms with E-state index in [-0.39, 0.29) is 5.57 Å². The molecule has 82 valence electrons. The molecule has 0 amide bonds. The lowest BCUT2D eigenvalue weighted by Crippen LogP contribution is -2.32. The Bertz CT molecular complexity index is 258. The van der Waals surface area contributed by atoms with Crippen LogP contribution >= 0.6 is 23.2 Å². The summed E-state index contributed by atoms with van der Waals surface area (Å²) >= 11 is 9.92. The van der Waals surface area contributed by atoms with E-state index in [2.05, 4.69) is 0 Å². The van der Waals surface area contributed by atoms with Gasteiger partial charge in [-0.2, -0.15) is 13.2 Å². The van der Waals surface area contributed by atoms with Gasteiger partial charge in [0.2, 0.25) is 4.33 Å². The number of carbonyl (C=O) groups is 1. The first-order valence-electron chi connectivity index (χ1n) is 3.41. The fourth-order valence-corrected chi connectivity index (χ4v) is 1.05. The van der Waals surface area contributed by atoms with Crippen LogP contribution in [-0.4, -0.2) is 21.6 Å². The molecular weight excluding hydrogens is 244 g/mol. The van der Waals surface area contributed by atoms with Gasteiger partial charge in [0, 0.05) is 0 Å². The third kappa shape index (κ3) is 4.19. The molecule has 0 saturated carbocycles. The minimum absolute atomic E-state index is 0.0557. The molecule has 0 saturated heterocycles. The monoisotopic (exact) mass is 250 g/mol. The van der Waals surface area contributed by atoms with Crippen LogP contribution in [0.1, 0.15) is 13.3 Å². The van der Waals surface area contributed by atoms with Crippen LogP contribution in [0.2, 0.25) is 0 Å². The van der Waals surface area contributed by atoms with Gasteiger partial charge in [0.15, 0.2) is 0 Å². The largest absolute Gasteiger partial charge is 0.481 e. The minimum Gasteiger partial charge on any atom is -0.481 e. The van der Waals surface area contributed by atoms with Crippen LogP contribution in [0.15, 0.2) is 11.6 Å². The van der Waals surface area contributed by atoms with Gasteiger partial charge in [-0.1, -0.05) is 28.8 Å². The molecule has 0 heterocycles. The normalized spacial score (nSPS) is 14.3. The van der Waals surface area contributed by atoms with Gasteiger partial charge in [-0.25, -0.2) is 0 Å². The molecule has 7 heteroatoms. The maximum atomic E-state index is 12.1. The van der Waals surface area contributed by atoms with Gasteiger partial charge < -0.3 is 5.11 Å². The molecule has 0 aromatic carbocycles. The fraction of sp³-hybridized carbons (Fsp3) is 0.571. The highest BCUT2D eigenvalue weighted by atomic mass is 35.5. The van der Waals surface area contributed by atoms with Crippen molar-refractivity contribution >= 4 is 29.2 Å². The molecule has 0 aliphatic rings. The van der Waals surface area contributed by atoms with Gasteiger partial charge >= 0.3 is 12.1 Å². The Kier molecular flexibility index (Phi) is 4.27. The maximum absolute atomic E-state index is 12.1. The molecule has 14 heavy (non-hydrogen) atoms. The Morgan fingerprint density at radius 3 is 2.14 bits per heavy atom. The second-order valence-corrected chi connectivity index (χ2v) is 4.07. The first-order valence-corrected chi connectivity index (χ1v) is 4.16. The predicted octanol–water partition coefficient (Wildman–Crippen LogP) is 3.14. The standard InChI is InChI=1S/C7H7Cl2F3O2/c1-4(2-5(13)14)3-6(8,9)7(10,11)12/h3H,2H2,1H3,(H,13,14). The number of hydrogen-bond acceptors (Lipinski definition) is 1. The van der Waals surface area contributed by atoms with Crippen molar-refractivity contribution in [3.63, 3.8) is 0 Å². The lowest BCUT2D eigenvalue weighted by molar-refractivity contribution is -0.137. The van der Waals surface area contributed by atoms with Gasteiger partial charge in [0.05, 0.1) is 6.42 Å². The number of alkyl halides is 5. The van der Waals surface area contributed by atoms with Gasteiger partial charge in [-0.15, -0.1) is 0 Å². The van der Waals surface area contributed by atoms with Crippen molar-refractivity contribution < 1.29 is 23.1 Å². The summed E-state index contributed by atoms with van der Waals surface area (Å²) in [5.74, 6) is -1.25. The molecule has 0 aromatic rings. The molecule has 0 unspecified atom stereocenters. The lowest BCUT2D eigenvalue weighted by Gasteiger charge is -2.19. The molecule has 0 aliphatic carbocycles. The van der Waals surface area contributed by atoms with Crippen LogP contribution in [-0.2, 0) is 4.79 Å². The smallest absolute Gasteiger partial charge is 0.425 e. The van der Waals surface area contributed by atoms with Crippen molar-refractivity contribution in [1.29, 1.82) is 0 Å². The average Bonchev–Trinajstić information content (AvgIpc) is 1.79. The maximum Gasteiger partial charge on any atom is 0.425 e. The first kappa shape index (κ1) is 13.6. The zero-order chi connectivity index (χ0) is 11.6. The molecule has 0 rings (SSSR count). The Hall–Kier alpha value is -0.420. The van der Waals surface area contributed by atoms with E-state index in [1.54, 1.807) is 0 Å². The highest BCUT2D eigenvalue weighted by Gasteiger charge is 2.51. The number of hydrogen-bond donors (Lipinski definition) is 1. The van der Waals surface area contributed by atoms with E-state index in [9.17, 15) is 18.0 Å². The van der Waals surface area contributed by atoms with E-state index >= 15 is 0 Å². The number of carboxylic acids is 1. The van der Waals surface area contributed by atoms with Crippen molar-refractivity contribution in [3.05, 3.63) is 11.6 Å². The molecule has 2 nitrogen and oxygen atoms in total. The zero-order valence-electron chi connectivity index (χ0n) is 7.03. The Morgan fingerprint density at radius 1 is 1.43 bits per heavy atom. The van der Waals surface area contributed by atoms with E-state index in [1.807, 2.05) is 0 Å². The van der Waals surface area contributed by atoms with Crippen LogP contribution < -0.4 is 0 Å². The second kappa shape index (κ2) is 4.40. The van der Waals surface area contributed by atoms with Crippen LogP contribution in [0.4, 0.5) is 13.2 Å². The predicted molar refractivity (Wildman–Crippen MR) is 46.5 cm³/mol.